The molecule has 13 rings (SSSR count). The van der Waals surface area contributed by atoms with Crippen molar-refractivity contribution in [3.8, 4) is 50.2 Å². The molecule has 294 valence electrons. The van der Waals surface area contributed by atoms with Crippen molar-refractivity contribution in [1.29, 1.82) is 0 Å². The Morgan fingerprint density at radius 1 is 0.317 bits per heavy atom. The number of hydrogen-bond acceptors (Lipinski definition) is 1. The van der Waals surface area contributed by atoms with Crippen LogP contribution in [0.2, 0.25) is 0 Å². The molecule has 0 atom stereocenters. The quantitative estimate of drug-likeness (QED) is 0.163. The lowest BCUT2D eigenvalue weighted by atomic mass is 9.70. The molecule has 0 radical (unpaired) electrons. The number of fused-ring (bicyclic) bond motifs is 13. The third kappa shape index (κ3) is 5.19. The van der Waals surface area contributed by atoms with Crippen LogP contribution in [-0.4, -0.2) is 4.57 Å². The first kappa shape index (κ1) is 35.5. The monoisotopic (exact) mass is 800 g/mol. The summed E-state index contributed by atoms with van der Waals surface area (Å²) in [7, 11) is 0. The Balaban J connectivity index is 0.990. The average Bonchev–Trinajstić information content (AvgIpc) is 3.97. The molecule has 0 saturated heterocycles. The van der Waals surface area contributed by atoms with E-state index in [1.807, 2.05) is 0 Å². The van der Waals surface area contributed by atoms with Crippen LogP contribution in [0.3, 0.4) is 0 Å². The number of benzene rings is 10. The number of para-hydroxylation sites is 2. The molecule has 2 heteroatoms. The van der Waals surface area contributed by atoms with Gasteiger partial charge in [-0.05, 0) is 122 Å². The third-order valence-corrected chi connectivity index (χ3v) is 13.6. The van der Waals surface area contributed by atoms with Gasteiger partial charge in [-0.25, -0.2) is 0 Å². The number of anilines is 3. The van der Waals surface area contributed by atoms with Crippen LogP contribution in [0.4, 0.5) is 17.1 Å². The molecule has 2 aliphatic carbocycles. The highest BCUT2D eigenvalue weighted by atomic mass is 15.1. The Hall–Kier alpha value is -8.20. The Kier molecular flexibility index (Phi) is 7.85. The van der Waals surface area contributed by atoms with Crippen LogP contribution in [-0.2, 0) is 5.41 Å². The summed E-state index contributed by atoms with van der Waals surface area (Å²) in [5.41, 5.74) is 21.8. The van der Waals surface area contributed by atoms with Crippen molar-refractivity contribution in [1.82, 2.24) is 4.57 Å². The molecule has 0 amide bonds. The molecule has 0 saturated carbocycles. The largest absolute Gasteiger partial charge is 0.310 e. The van der Waals surface area contributed by atoms with Gasteiger partial charge in [0.15, 0.2) is 0 Å². The van der Waals surface area contributed by atoms with E-state index in [2.05, 4.69) is 252 Å². The molecule has 63 heavy (non-hydrogen) atoms. The van der Waals surface area contributed by atoms with Gasteiger partial charge in [-0.3, -0.25) is 0 Å². The minimum Gasteiger partial charge on any atom is -0.310 e. The normalized spacial score (nSPS) is 12.9. The fraction of sp³-hybridized carbons (Fsp3) is 0.0164. The summed E-state index contributed by atoms with van der Waals surface area (Å²) in [5, 5.41) is 2.50. The van der Waals surface area contributed by atoms with Crippen LogP contribution in [0, 0.1) is 0 Å². The van der Waals surface area contributed by atoms with Gasteiger partial charge in [-0.2, -0.15) is 0 Å². The molecule has 10 aromatic carbocycles. The van der Waals surface area contributed by atoms with Crippen molar-refractivity contribution in [3.63, 3.8) is 0 Å². The zero-order chi connectivity index (χ0) is 41.5. The molecule has 2 aliphatic rings. The smallest absolute Gasteiger partial charge is 0.0726 e. The second kappa shape index (κ2) is 13.9. The Morgan fingerprint density at radius 2 is 0.794 bits per heavy atom. The van der Waals surface area contributed by atoms with E-state index in [0.717, 1.165) is 17.1 Å². The predicted molar refractivity (Wildman–Crippen MR) is 263 cm³/mol. The zero-order valence-corrected chi connectivity index (χ0v) is 34.5. The van der Waals surface area contributed by atoms with Crippen LogP contribution < -0.4 is 4.90 Å². The second-order valence-corrected chi connectivity index (χ2v) is 16.8. The van der Waals surface area contributed by atoms with Crippen molar-refractivity contribution < 1.29 is 0 Å². The van der Waals surface area contributed by atoms with Crippen molar-refractivity contribution >= 4 is 38.9 Å². The fourth-order valence-corrected chi connectivity index (χ4v) is 11.0. The first-order valence-electron chi connectivity index (χ1n) is 21.8. The summed E-state index contributed by atoms with van der Waals surface area (Å²) >= 11 is 0. The highest BCUT2D eigenvalue weighted by Crippen LogP contribution is 2.64. The lowest BCUT2D eigenvalue weighted by Gasteiger charge is -2.32. The maximum absolute atomic E-state index is 2.47. The van der Waals surface area contributed by atoms with E-state index in [4.69, 9.17) is 0 Å². The molecular formula is C61H40N2. The first-order valence-corrected chi connectivity index (χ1v) is 21.8. The predicted octanol–water partition coefficient (Wildman–Crippen LogP) is 15.9. The summed E-state index contributed by atoms with van der Waals surface area (Å²) in [6.07, 6.45) is 0. The number of nitrogens with zero attached hydrogens (tertiary/aromatic N) is 2. The van der Waals surface area contributed by atoms with Crippen molar-refractivity contribution in [2.45, 2.75) is 5.41 Å². The number of aromatic nitrogens is 1. The molecule has 2 nitrogen and oxygen atoms in total. The van der Waals surface area contributed by atoms with Gasteiger partial charge in [0.2, 0.25) is 0 Å². The number of rotatable bonds is 6. The Bertz CT molecular complexity index is 3500. The topological polar surface area (TPSA) is 8.17 Å². The van der Waals surface area contributed by atoms with E-state index in [-0.39, 0.29) is 0 Å². The van der Waals surface area contributed by atoms with Gasteiger partial charge in [0.25, 0.3) is 0 Å². The van der Waals surface area contributed by atoms with Gasteiger partial charge in [0.1, 0.15) is 0 Å². The molecule has 11 aromatic rings. The van der Waals surface area contributed by atoms with Crippen LogP contribution in [0.15, 0.2) is 243 Å². The molecule has 1 aromatic heterocycles. The van der Waals surface area contributed by atoms with Crippen LogP contribution >= 0.6 is 0 Å². The fourth-order valence-electron chi connectivity index (χ4n) is 11.0. The van der Waals surface area contributed by atoms with Crippen LogP contribution in [0.5, 0.6) is 0 Å². The van der Waals surface area contributed by atoms with E-state index in [1.54, 1.807) is 0 Å². The molecule has 0 aliphatic heterocycles. The lowest BCUT2D eigenvalue weighted by Crippen LogP contribution is -2.26. The minimum absolute atomic E-state index is 0.426. The molecule has 0 fully saturated rings. The minimum atomic E-state index is -0.426. The van der Waals surface area contributed by atoms with E-state index >= 15 is 0 Å². The maximum atomic E-state index is 2.47. The van der Waals surface area contributed by atoms with Gasteiger partial charge >= 0.3 is 0 Å². The van der Waals surface area contributed by atoms with Crippen molar-refractivity contribution in [2.24, 2.45) is 0 Å². The summed E-state index contributed by atoms with van der Waals surface area (Å²) < 4.78 is 2.38. The van der Waals surface area contributed by atoms with Gasteiger partial charge in [-0.1, -0.05) is 182 Å². The second-order valence-electron chi connectivity index (χ2n) is 16.8. The Labute approximate surface area is 367 Å². The standard InChI is InChI=1S/C61H40N2/c1-3-16-41(17-4-1)42-30-35-46(36-31-42)62(47-37-32-43(33-38-47)44-34-39-58-52(40-44)50-22-10-14-28-57(50)63(58)45-18-5-2-6-19-45)59-29-15-27-56-60(59)51-23-9-13-26-55(51)61(56)53-24-11-7-20-48(53)49-21-8-12-25-54(49)61/h1-40H. The summed E-state index contributed by atoms with van der Waals surface area (Å²) in [6, 6.07) is 89.4. The summed E-state index contributed by atoms with van der Waals surface area (Å²) in [4.78, 5) is 2.47. The van der Waals surface area contributed by atoms with E-state index in [9.17, 15) is 0 Å². The van der Waals surface area contributed by atoms with Gasteiger partial charge in [0, 0.05) is 33.4 Å². The van der Waals surface area contributed by atoms with Gasteiger partial charge in [0.05, 0.1) is 22.1 Å². The van der Waals surface area contributed by atoms with Gasteiger partial charge in [-0.15, -0.1) is 0 Å². The molecule has 0 bridgehead atoms. The molecule has 1 spiro atoms. The third-order valence-electron chi connectivity index (χ3n) is 13.6. The van der Waals surface area contributed by atoms with Gasteiger partial charge < -0.3 is 9.47 Å². The molecule has 0 unspecified atom stereocenters. The van der Waals surface area contributed by atoms with E-state index < -0.39 is 5.41 Å². The SMILES string of the molecule is c1ccc(-c2ccc(N(c3ccc(-c4ccc5c(c4)c4ccccc4n5-c4ccccc4)cc3)c3cccc4c3-c3ccccc3C43c4ccccc4-c4ccccc43)cc2)cc1. The summed E-state index contributed by atoms with van der Waals surface area (Å²) in [5.74, 6) is 0. The molecular weight excluding hydrogens is 761 g/mol. The lowest BCUT2D eigenvalue weighted by molar-refractivity contribution is 0.794. The molecule has 1 heterocycles. The average molecular weight is 801 g/mol. The maximum Gasteiger partial charge on any atom is 0.0726 e. The molecule has 0 N–H and O–H groups in total. The van der Waals surface area contributed by atoms with E-state index in [0.29, 0.717) is 0 Å². The first-order chi connectivity index (χ1) is 31.3. The zero-order valence-electron chi connectivity index (χ0n) is 34.5. The van der Waals surface area contributed by atoms with Crippen molar-refractivity contribution in [3.05, 3.63) is 265 Å². The van der Waals surface area contributed by atoms with E-state index in [1.165, 1.54) is 94.3 Å². The van der Waals surface area contributed by atoms with Crippen LogP contribution in [0.25, 0.3) is 72.0 Å². The highest BCUT2D eigenvalue weighted by molar-refractivity contribution is 6.10. The highest BCUT2D eigenvalue weighted by Gasteiger charge is 2.52. The summed E-state index contributed by atoms with van der Waals surface area (Å²) in [6.45, 7) is 0. The van der Waals surface area contributed by atoms with Crippen LogP contribution in [0.1, 0.15) is 22.3 Å². The van der Waals surface area contributed by atoms with Crippen molar-refractivity contribution in [2.75, 3.05) is 4.90 Å². The number of hydrogen-bond donors (Lipinski definition) is 0. The Morgan fingerprint density at radius 3 is 1.46 bits per heavy atom.